The number of hydrogen-bond donors (Lipinski definition) is 0. The molecular weight excluding hydrogens is 252 g/mol. The Morgan fingerprint density at radius 3 is 2.83 bits per heavy atom. The smallest absolute Gasteiger partial charge is 0.279 e. The Morgan fingerprint density at radius 1 is 1.33 bits per heavy atom. The van der Waals surface area contributed by atoms with Crippen molar-refractivity contribution in [1.29, 1.82) is 0 Å². The fraction of sp³-hybridized carbons (Fsp3) is 0.250. The third kappa shape index (κ3) is 1.67. The van der Waals surface area contributed by atoms with Gasteiger partial charge >= 0.3 is 0 Å². The van der Waals surface area contributed by atoms with Crippen molar-refractivity contribution in [2.75, 3.05) is 0 Å². The standard InChI is InChI=1S/C12H11ClN4O/c1-7(13)11-14-12(18-16-11)10-8-5-3-4-6-9(8)17(2)15-10/h3-7H,1-2H3. The summed E-state index contributed by atoms with van der Waals surface area (Å²) >= 11 is 5.92. The lowest BCUT2D eigenvalue weighted by Crippen LogP contribution is -1.90. The van der Waals surface area contributed by atoms with Crippen molar-refractivity contribution in [3.8, 4) is 11.6 Å². The molecule has 0 amide bonds. The van der Waals surface area contributed by atoms with E-state index in [4.69, 9.17) is 16.1 Å². The van der Waals surface area contributed by atoms with Crippen LogP contribution in [0.25, 0.3) is 22.5 Å². The van der Waals surface area contributed by atoms with Gasteiger partial charge in [-0.05, 0) is 13.0 Å². The van der Waals surface area contributed by atoms with Gasteiger partial charge in [-0.25, -0.2) is 0 Å². The van der Waals surface area contributed by atoms with E-state index in [2.05, 4.69) is 15.2 Å². The maximum Gasteiger partial charge on any atom is 0.279 e. The lowest BCUT2D eigenvalue weighted by molar-refractivity contribution is 0.421. The van der Waals surface area contributed by atoms with E-state index in [1.165, 1.54) is 0 Å². The second-order valence-corrected chi connectivity index (χ2v) is 4.72. The zero-order valence-electron chi connectivity index (χ0n) is 9.96. The number of alkyl halides is 1. The highest BCUT2D eigenvalue weighted by atomic mass is 35.5. The number of hydrogen-bond acceptors (Lipinski definition) is 4. The molecule has 1 unspecified atom stereocenters. The summed E-state index contributed by atoms with van der Waals surface area (Å²) in [5.41, 5.74) is 1.70. The highest BCUT2D eigenvalue weighted by Crippen LogP contribution is 2.27. The van der Waals surface area contributed by atoms with Gasteiger partial charge in [0.15, 0.2) is 11.5 Å². The fourth-order valence-corrected chi connectivity index (χ4v) is 1.95. The molecule has 1 atom stereocenters. The molecule has 0 bridgehead atoms. The molecule has 0 saturated carbocycles. The molecule has 2 heterocycles. The fourth-order valence-electron chi connectivity index (χ4n) is 1.86. The predicted molar refractivity (Wildman–Crippen MR) is 68.3 cm³/mol. The first-order valence-electron chi connectivity index (χ1n) is 5.56. The molecule has 18 heavy (non-hydrogen) atoms. The number of fused-ring (bicyclic) bond motifs is 1. The Morgan fingerprint density at radius 2 is 2.11 bits per heavy atom. The Kier molecular flexibility index (Phi) is 2.56. The molecule has 0 aliphatic heterocycles. The molecule has 6 heteroatoms. The average molecular weight is 263 g/mol. The Bertz CT molecular complexity index is 701. The minimum Gasteiger partial charge on any atom is -0.332 e. The number of nitrogens with zero attached hydrogens (tertiary/aromatic N) is 4. The van der Waals surface area contributed by atoms with Gasteiger partial charge in [0, 0.05) is 12.4 Å². The largest absolute Gasteiger partial charge is 0.332 e. The van der Waals surface area contributed by atoms with Crippen molar-refractivity contribution in [3.05, 3.63) is 30.1 Å². The first-order valence-corrected chi connectivity index (χ1v) is 6.00. The van der Waals surface area contributed by atoms with Crippen LogP contribution in [-0.2, 0) is 7.05 Å². The molecule has 92 valence electrons. The van der Waals surface area contributed by atoms with Gasteiger partial charge in [-0.3, -0.25) is 4.68 Å². The number of aryl methyl sites for hydroxylation is 1. The van der Waals surface area contributed by atoms with Gasteiger partial charge < -0.3 is 4.52 Å². The monoisotopic (exact) mass is 262 g/mol. The van der Waals surface area contributed by atoms with Crippen LogP contribution in [0, 0.1) is 0 Å². The number of halogens is 1. The molecule has 2 aromatic heterocycles. The van der Waals surface area contributed by atoms with E-state index < -0.39 is 0 Å². The molecule has 0 aliphatic carbocycles. The zero-order valence-corrected chi connectivity index (χ0v) is 10.7. The summed E-state index contributed by atoms with van der Waals surface area (Å²) in [6.45, 7) is 1.80. The number of aromatic nitrogens is 4. The van der Waals surface area contributed by atoms with Crippen molar-refractivity contribution in [2.45, 2.75) is 12.3 Å². The van der Waals surface area contributed by atoms with Crippen molar-refractivity contribution in [3.63, 3.8) is 0 Å². The summed E-state index contributed by atoms with van der Waals surface area (Å²) in [6, 6.07) is 7.89. The van der Waals surface area contributed by atoms with E-state index in [0.29, 0.717) is 17.4 Å². The van der Waals surface area contributed by atoms with E-state index in [0.717, 1.165) is 10.9 Å². The molecule has 1 aromatic carbocycles. The van der Waals surface area contributed by atoms with Crippen LogP contribution in [0.1, 0.15) is 18.1 Å². The van der Waals surface area contributed by atoms with Crippen LogP contribution in [-0.4, -0.2) is 19.9 Å². The molecule has 0 N–H and O–H groups in total. The van der Waals surface area contributed by atoms with Gasteiger partial charge in [0.25, 0.3) is 5.89 Å². The SMILES string of the molecule is CC(Cl)c1noc(-c2nn(C)c3ccccc23)n1. The van der Waals surface area contributed by atoms with Gasteiger partial charge in [-0.15, -0.1) is 11.6 Å². The molecule has 0 fully saturated rings. The van der Waals surface area contributed by atoms with Crippen LogP contribution in [0.3, 0.4) is 0 Å². The molecule has 0 aliphatic rings. The third-order valence-corrected chi connectivity index (χ3v) is 2.95. The van der Waals surface area contributed by atoms with Gasteiger partial charge in [-0.2, -0.15) is 10.1 Å². The lowest BCUT2D eigenvalue weighted by Gasteiger charge is -1.90. The highest BCUT2D eigenvalue weighted by molar-refractivity contribution is 6.20. The minimum atomic E-state index is -0.280. The zero-order chi connectivity index (χ0) is 12.7. The topological polar surface area (TPSA) is 56.7 Å². The minimum absolute atomic E-state index is 0.280. The van der Waals surface area contributed by atoms with Crippen LogP contribution < -0.4 is 0 Å². The summed E-state index contributed by atoms with van der Waals surface area (Å²) in [4.78, 5) is 4.26. The van der Waals surface area contributed by atoms with E-state index in [1.54, 1.807) is 11.6 Å². The van der Waals surface area contributed by atoms with E-state index in [-0.39, 0.29) is 5.38 Å². The summed E-state index contributed by atoms with van der Waals surface area (Å²) in [6.07, 6.45) is 0. The van der Waals surface area contributed by atoms with Crippen molar-refractivity contribution in [1.82, 2.24) is 19.9 Å². The molecule has 5 nitrogen and oxygen atoms in total. The van der Waals surface area contributed by atoms with Crippen molar-refractivity contribution < 1.29 is 4.52 Å². The Balaban J connectivity index is 2.19. The second kappa shape index (κ2) is 4.10. The van der Waals surface area contributed by atoms with Crippen LogP contribution in [0.15, 0.2) is 28.8 Å². The summed E-state index contributed by atoms with van der Waals surface area (Å²) in [5.74, 6) is 0.871. The van der Waals surface area contributed by atoms with Crippen molar-refractivity contribution >= 4 is 22.5 Å². The van der Waals surface area contributed by atoms with Crippen LogP contribution in [0.4, 0.5) is 0 Å². The third-order valence-electron chi connectivity index (χ3n) is 2.76. The van der Waals surface area contributed by atoms with Crippen molar-refractivity contribution in [2.24, 2.45) is 7.05 Å². The summed E-state index contributed by atoms with van der Waals surface area (Å²) < 4.78 is 7.00. The molecule has 0 saturated heterocycles. The molecule has 0 spiro atoms. The quantitative estimate of drug-likeness (QED) is 0.667. The van der Waals surface area contributed by atoms with Crippen LogP contribution in [0.5, 0.6) is 0 Å². The van der Waals surface area contributed by atoms with Crippen LogP contribution in [0.2, 0.25) is 0 Å². The van der Waals surface area contributed by atoms with Gasteiger partial charge in [0.1, 0.15) is 0 Å². The number of rotatable bonds is 2. The Hall–Kier alpha value is -1.88. The van der Waals surface area contributed by atoms with Gasteiger partial charge in [-0.1, -0.05) is 23.4 Å². The van der Waals surface area contributed by atoms with E-state index in [9.17, 15) is 0 Å². The molecule has 0 radical (unpaired) electrons. The molecular formula is C12H11ClN4O. The number of benzene rings is 1. The lowest BCUT2D eigenvalue weighted by atomic mass is 10.2. The maximum absolute atomic E-state index is 5.92. The summed E-state index contributed by atoms with van der Waals surface area (Å²) in [7, 11) is 1.88. The van der Waals surface area contributed by atoms with E-state index >= 15 is 0 Å². The number of para-hydroxylation sites is 1. The van der Waals surface area contributed by atoms with E-state index in [1.807, 2.05) is 31.3 Å². The Labute approximate surface area is 108 Å². The van der Waals surface area contributed by atoms with Gasteiger partial charge in [0.2, 0.25) is 0 Å². The first kappa shape index (κ1) is 11.2. The summed E-state index contributed by atoms with van der Waals surface area (Å²) in [5, 5.41) is 8.95. The first-order chi connectivity index (χ1) is 8.66. The normalized spacial score (nSPS) is 13.1. The average Bonchev–Trinajstić information content (AvgIpc) is 2.95. The highest BCUT2D eigenvalue weighted by Gasteiger charge is 2.18. The molecule has 3 rings (SSSR count). The van der Waals surface area contributed by atoms with Gasteiger partial charge in [0.05, 0.1) is 10.9 Å². The van der Waals surface area contributed by atoms with Crippen LogP contribution >= 0.6 is 11.6 Å². The predicted octanol–water partition coefficient (Wildman–Crippen LogP) is 2.92. The second-order valence-electron chi connectivity index (χ2n) is 4.06. The maximum atomic E-state index is 5.92. The molecule has 3 aromatic rings.